The van der Waals surface area contributed by atoms with Gasteiger partial charge in [0.1, 0.15) is 40.1 Å². The molecule has 0 spiro atoms. The summed E-state index contributed by atoms with van der Waals surface area (Å²) >= 11 is 0. The Labute approximate surface area is 255 Å². The first kappa shape index (κ1) is 29.2. The Morgan fingerprint density at radius 2 is 1.40 bits per heavy atom. The van der Waals surface area contributed by atoms with Crippen molar-refractivity contribution in [1.82, 2.24) is 0 Å². The van der Waals surface area contributed by atoms with Crippen LogP contribution < -0.4 is 5.43 Å². The highest BCUT2D eigenvalue weighted by atomic mass is 16.4. The maximum Gasteiger partial charge on any atom is 0.235 e. The average Bonchev–Trinajstić information content (AvgIpc) is 2.98. The number of hydrogen-bond donors (Lipinski definition) is 7. The van der Waals surface area contributed by atoms with E-state index in [1.807, 2.05) is 6.92 Å². The summed E-state index contributed by atoms with van der Waals surface area (Å²) in [6, 6.07) is 15.7. The van der Waals surface area contributed by atoms with Gasteiger partial charge in [0.05, 0.1) is 10.9 Å². The largest absolute Gasteiger partial charge is 0.508 e. The van der Waals surface area contributed by atoms with Gasteiger partial charge in [0, 0.05) is 47.1 Å². The molecule has 1 aliphatic rings. The number of carbonyl (C=O) groups excluding carboxylic acids is 1. The first-order valence-electron chi connectivity index (χ1n) is 14.0. The summed E-state index contributed by atoms with van der Waals surface area (Å²) in [5.74, 6) is -5.53. The molecule has 0 saturated heterocycles. The lowest BCUT2D eigenvalue weighted by Crippen LogP contribution is -2.31. The van der Waals surface area contributed by atoms with Gasteiger partial charge in [-0.3, -0.25) is 9.59 Å². The van der Waals surface area contributed by atoms with E-state index in [0.29, 0.717) is 12.0 Å². The number of rotatable bonds is 5. The Bertz CT molecular complexity index is 2090. The summed E-state index contributed by atoms with van der Waals surface area (Å²) < 4.78 is 5.84. The molecule has 3 atom stereocenters. The molecule has 0 radical (unpaired) electrons. The molecule has 1 aromatic heterocycles. The first-order valence-corrected chi connectivity index (χ1v) is 14.0. The van der Waals surface area contributed by atoms with Crippen molar-refractivity contribution < 1.29 is 45.0 Å². The number of phenols is 6. The fraction of sp³-hybridized carbons (Fsp3) is 0.143. The SMILES string of the molecule is CC1=CC(c2cc(-c3oc4cc(O)ccc4c(=O)c3O)ccc2O)C(C(=O)c2ccc(O)cc2O)C(c2ccc(O)cc2O)C1. The second-order valence-electron chi connectivity index (χ2n) is 11.2. The summed E-state index contributed by atoms with van der Waals surface area (Å²) in [4.78, 5) is 27.3. The highest BCUT2D eigenvalue weighted by Crippen LogP contribution is 2.51. The molecule has 1 heterocycles. The lowest BCUT2D eigenvalue weighted by atomic mass is 9.65. The first-order chi connectivity index (χ1) is 21.4. The van der Waals surface area contributed by atoms with Gasteiger partial charge >= 0.3 is 0 Å². The highest BCUT2D eigenvalue weighted by molar-refractivity contribution is 6.02. The molecule has 0 bridgehead atoms. The topological polar surface area (TPSA) is 189 Å². The Balaban J connectivity index is 1.56. The minimum absolute atomic E-state index is 0.0227. The van der Waals surface area contributed by atoms with Crippen LogP contribution in [0.4, 0.5) is 0 Å². The van der Waals surface area contributed by atoms with Crippen molar-refractivity contribution >= 4 is 16.8 Å². The lowest BCUT2D eigenvalue weighted by molar-refractivity contribution is 0.0877. The molecule has 45 heavy (non-hydrogen) atoms. The Morgan fingerprint density at radius 3 is 2.11 bits per heavy atom. The number of Topliss-reactive ketones (excluding diaryl/α,β-unsaturated/α-hetero) is 1. The summed E-state index contributed by atoms with van der Waals surface area (Å²) in [6.07, 6.45) is 2.11. The van der Waals surface area contributed by atoms with Crippen LogP contribution in [0.3, 0.4) is 0 Å². The van der Waals surface area contributed by atoms with Crippen molar-refractivity contribution in [3.8, 4) is 51.6 Å². The predicted molar refractivity (Wildman–Crippen MR) is 164 cm³/mol. The van der Waals surface area contributed by atoms with E-state index in [2.05, 4.69) is 0 Å². The molecule has 6 rings (SSSR count). The number of phenolic OH excluding ortho intramolecular Hbond substituents is 6. The van der Waals surface area contributed by atoms with Gasteiger partial charge < -0.3 is 40.2 Å². The fourth-order valence-electron chi connectivity index (χ4n) is 6.22. The number of allylic oxidation sites excluding steroid dienone is 2. The van der Waals surface area contributed by atoms with Crippen LogP contribution in [0, 0.1) is 5.92 Å². The van der Waals surface area contributed by atoms with E-state index < -0.39 is 40.5 Å². The minimum atomic E-state index is -1.03. The molecule has 228 valence electrons. The van der Waals surface area contributed by atoms with E-state index in [9.17, 15) is 45.3 Å². The minimum Gasteiger partial charge on any atom is -0.508 e. The molecule has 0 saturated carbocycles. The number of fused-ring (bicyclic) bond motifs is 1. The summed E-state index contributed by atoms with van der Waals surface area (Å²) in [6.45, 7) is 1.83. The summed E-state index contributed by atoms with van der Waals surface area (Å²) in [7, 11) is 0. The number of ketones is 1. The van der Waals surface area contributed by atoms with Gasteiger partial charge in [-0.2, -0.15) is 0 Å². The lowest BCUT2D eigenvalue weighted by Gasteiger charge is -2.37. The van der Waals surface area contributed by atoms with Crippen LogP contribution in [-0.4, -0.2) is 41.5 Å². The van der Waals surface area contributed by atoms with E-state index in [1.165, 1.54) is 60.7 Å². The van der Waals surface area contributed by atoms with Gasteiger partial charge in [-0.05, 0) is 67.4 Å². The zero-order valence-electron chi connectivity index (χ0n) is 23.8. The molecule has 10 heteroatoms. The summed E-state index contributed by atoms with van der Waals surface area (Å²) in [5, 5.41) is 73.3. The Kier molecular flexibility index (Phi) is 7.12. The standard InChI is InChI=1S/C35H28O10/c1-16-10-25(21-6-3-18(36)13-28(21)40)31(32(42)22-7-4-19(37)14-29(22)41)26(11-16)24-12-17(2-9-27(24)39)35-34(44)33(43)23-8-5-20(38)15-30(23)45-35/h2-9,11-15,25-26,31,36-41,44H,10H2,1H3. The summed E-state index contributed by atoms with van der Waals surface area (Å²) in [5.41, 5.74) is 0.800. The van der Waals surface area contributed by atoms with E-state index in [-0.39, 0.29) is 62.2 Å². The third-order valence-corrected chi connectivity index (χ3v) is 8.29. The average molecular weight is 609 g/mol. The maximum atomic E-state index is 14.3. The van der Waals surface area contributed by atoms with Crippen LogP contribution in [0.5, 0.6) is 40.2 Å². The van der Waals surface area contributed by atoms with Crippen molar-refractivity contribution in [2.24, 2.45) is 5.92 Å². The highest BCUT2D eigenvalue weighted by Gasteiger charge is 2.42. The Hall–Kier alpha value is -5.90. The maximum absolute atomic E-state index is 14.3. The quantitative estimate of drug-likeness (QED) is 0.0905. The van der Waals surface area contributed by atoms with Crippen molar-refractivity contribution in [3.05, 3.63) is 111 Å². The number of aromatic hydroxyl groups is 7. The molecule has 1 aliphatic carbocycles. The zero-order chi connectivity index (χ0) is 32.2. The van der Waals surface area contributed by atoms with Crippen LogP contribution >= 0.6 is 0 Å². The normalized spacial score (nSPS) is 18.1. The van der Waals surface area contributed by atoms with Crippen molar-refractivity contribution in [2.75, 3.05) is 0 Å². The van der Waals surface area contributed by atoms with Crippen LogP contribution in [-0.2, 0) is 0 Å². The monoisotopic (exact) mass is 608 g/mol. The van der Waals surface area contributed by atoms with Crippen LogP contribution in [0.25, 0.3) is 22.3 Å². The molecule has 0 aliphatic heterocycles. The van der Waals surface area contributed by atoms with E-state index in [4.69, 9.17) is 4.42 Å². The molecule has 0 amide bonds. The molecule has 5 aromatic rings. The molecule has 0 fully saturated rings. The van der Waals surface area contributed by atoms with Crippen LogP contribution in [0.15, 0.2) is 93.7 Å². The molecule has 3 unspecified atom stereocenters. The van der Waals surface area contributed by atoms with Gasteiger partial charge in [0.2, 0.25) is 11.2 Å². The van der Waals surface area contributed by atoms with E-state index in [1.54, 1.807) is 6.08 Å². The van der Waals surface area contributed by atoms with Gasteiger partial charge in [0.25, 0.3) is 0 Å². The van der Waals surface area contributed by atoms with E-state index in [0.717, 1.165) is 17.7 Å². The number of benzene rings is 4. The zero-order valence-corrected chi connectivity index (χ0v) is 23.8. The van der Waals surface area contributed by atoms with Gasteiger partial charge in [0.15, 0.2) is 11.5 Å². The van der Waals surface area contributed by atoms with Crippen molar-refractivity contribution in [3.63, 3.8) is 0 Å². The smallest absolute Gasteiger partial charge is 0.235 e. The second kappa shape index (κ2) is 11.0. The second-order valence-corrected chi connectivity index (χ2v) is 11.2. The molecular weight excluding hydrogens is 580 g/mol. The molecule has 10 nitrogen and oxygen atoms in total. The molecular formula is C35H28O10. The number of hydrogen-bond acceptors (Lipinski definition) is 10. The van der Waals surface area contributed by atoms with Crippen LogP contribution in [0.1, 0.15) is 46.7 Å². The van der Waals surface area contributed by atoms with Gasteiger partial charge in [-0.15, -0.1) is 0 Å². The van der Waals surface area contributed by atoms with Crippen molar-refractivity contribution in [1.29, 1.82) is 0 Å². The number of carbonyl (C=O) groups is 1. The van der Waals surface area contributed by atoms with Gasteiger partial charge in [-0.1, -0.05) is 17.7 Å². The van der Waals surface area contributed by atoms with Crippen LogP contribution in [0.2, 0.25) is 0 Å². The third kappa shape index (κ3) is 5.16. The molecule has 4 aromatic carbocycles. The van der Waals surface area contributed by atoms with Crippen molar-refractivity contribution in [2.45, 2.75) is 25.2 Å². The third-order valence-electron chi connectivity index (χ3n) is 8.29. The predicted octanol–water partition coefficient (Wildman–Crippen LogP) is 6.12. The molecule has 7 N–H and O–H groups in total. The van der Waals surface area contributed by atoms with E-state index >= 15 is 0 Å². The van der Waals surface area contributed by atoms with Gasteiger partial charge in [-0.25, -0.2) is 0 Å². The fourth-order valence-corrected chi connectivity index (χ4v) is 6.22. The Morgan fingerprint density at radius 1 is 0.733 bits per heavy atom.